The van der Waals surface area contributed by atoms with Gasteiger partial charge in [0.05, 0.1) is 6.04 Å². The van der Waals surface area contributed by atoms with Crippen LogP contribution in [0.3, 0.4) is 0 Å². The Morgan fingerprint density at radius 3 is 2.56 bits per heavy atom. The Hall–Kier alpha value is -3.19. The molecule has 1 atom stereocenters. The van der Waals surface area contributed by atoms with Gasteiger partial charge in [-0.25, -0.2) is 4.39 Å². The van der Waals surface area contributed by atoms with Crippen molar-refractivity contribution in [3.63, 3.8) is 0 Å². The average molecular weight is 481 g/mol. The fourth-order valence-corrected chi connectivity index (χ4v) is 5.16. The second kappa shape index (κ2) is 10.8. The molecule has 0 unspecified atom stereocenters. The lowest BCUT2D eigenvalue weighted by Crippen LogP contribution is -2.48. The topological polar surface area (TPSA) is 49.9 Å². The Labute approximate surface area is 203 Å². The zero-order valence-electron chi connectivity index (χ0n) is 19.5. The van der Waals surface area contributed by atoms with Gasteiger partial charge in [0.1, 0.15) is 24.7 Å². The number of amides is 2. The maximum Gasteiger partial charge on any atom is 0.254 e. The molecule has 0 spiro atoms. The van der Waals surface area contributed by atoms with Gasteiger partial charge in [-0.2, -0.15) is 0 Å². The minimum absolute atomic E-state index is 0.0209. The Morgan fingerprint density at radius 1 is 1.12 bits per heavy atom. The molecule has 178 valence electrons. The highest BCUT2D eigenvalue weighted by molar-refractivity contribution is 7.10. The van der Waals surface area contributed by atoms with Gasteiger partial charge in [0, 0.05) is 23.5 Å². The van der Waals surface area contributed by atoms with Crippen LogP contribution in [0, 0.1) is 12.7 Å². The largest absolute Gasteiger partial charge is 0.491 e. The molecule has 0 bridgehead atoms. The van der Waals surface area contributed by atoms with Crippen LogP contribution in [0.5, 0.6) is 5.75 Å². The monoisotopic (exact) mass is 480 g/mol. The van der Waals surface area contributed by atoms with E-state index in [1.165, 1.54) is 17.0 Å². The van der Waals surface area contributed by atoms with Gasteiger partial charge in [-0.05, 0) is 73.2 Å². The van der Waals surface area contributed by atoms with Crippen molar-refractivity contribution in [1.29, 1.82) is 0 Å². The number of carbonyl (C=O) groups excluding carboxylic acids is 2. The van der Waals surface area contributed by atoms with Crippen LogP contribution in [0.2, 0.25) is 0 Å². The summed E-state index contributed by atoms with van der Waals surface area (Å²) in [6.45, 7) is 5.34. The number of halogens is 1. The maximum atomic E-state index is 13.5. The van der Waals surface area contributed by atoms with Crippen molar-refractivity contribution in [2.45, 2.75) is 32.7 Å². The third-order valence-corrected chi connectivity index (χ3v) is 7.04. The first-order chi connectivity index (χ1) is 16.5. The van der Waals surface area contributed by atoms with Gasteiger partial charge in [0.2, 0.25) is 5.91 Å². The first kappa shape index (κ1) is 24.0. The third kappa shape index (κ3) is 5.47. The van der Waals surface area contributed by atoms with Crippen molar-refractivity contribution in [3.05, 3.63) is 87.4 Å². The van der Waals surface area contributed by atoms with Crippen LogP contribution in [-0.4, -0.2) is 47.9 Å². The van der Waals surface area contributed by atoms with E-state index < -0.39 is 0 Å². The molecular weight excluding hydrogens is 451 g/mol. The number of carbonyl (C=O) groups is 2. The molecule has 4 rings (SSSR count). The number of rotatable bonds is 8. The molecule has 3 aromatic rings. The van der Waals surface area contributed by atoms with Crippen molar-refractivity contribution in [3.8, 4) is 5.75 Å². The fourth-order valence-electron chi connectivity index (χ4n) is 4.24. The molecule has 1 aromatic heterocycles. The Morgan fingerprint density at radius 2 is 1.85 bits per heavy atom. The van der Waals surface area contributed by atoms with Gasteiger partial charge >= 0.3 is 0 Å². The zero-order valence-corrected chi connectivity index (χ0v) is 20.3. The predicted octanol–water partition coefficient (Wildman–Crippen LogP) is 5.25. The summed E-state index contributed by atoms with van der Waals surface area (Å²) < 4.78 is 19.2. The van der Waals surface area contributed by atoms with E-state index in [2.05, 4.69) is 0 Å². The van der Waals surface area contributed by atoms with Crippen molar-refractivity contribution in [2.75, 3.05) is 26.2 Å². The van der Waals surface area contributed by atoms with Gasteiger partial charge in [-0.15, -0.1) is 11.3 Å². The highest BCUT2D eigenvalue weighted by atomic mass is 32.1. The lowest BCUT2D eigenvalue weighted by Gasteiger charge is -2.37. The molecular formula is C27H29FN2O3S. The molecule has 1 aliphatic heterocycles. The molecule has 1 aliphatic rings. The second-order valence-corrected chi connectivity index (χ2v) is 9.51. The van der Waals surface area contributed by atoms with Crippen molar-refractivity contribution < 1.29 is 18.7 Å². The van der Waals surface area contributed by atoms with Gasteiger partial charge in [-0.1, -0.05) is 24.6 Å². The highest BCUT2D eigenvalue weighted by Crippen LogP contribution is 2.34. The number of aryl methyl sites for hydroxylation is 1. The first-order valence-electron chi connectivity index (χ1n) is 11.6. The van der Waals surface area contributed by atoms with E-state index in [1.807, 2.05) is 54.5 Å². The summed E-state index contributed by atoms with van der Waals surface area (Å²) in [5, 5.41) is 2.04. The van der Waals surface area contributed by atoms with E-state index >= 15 is 0 Å². The van der Waals surface area contributed by atoms with E-state index in [0.717, 1.165) is 24.0 Å². The molecule has 0 saturated carbocycles. The number of hydrogen-bond donors (Lipinski definition) is 0. The van der Waals surface area contributed by atoms with Crippen LogP contribution >= 0.6 is 11.3 Å². The van der Waals surface area contributed by atoms with Gasteiger partial charge < -0.3 is 14.5 Å². The number of fused-ring (bicyclic) bond motifs is 1. The fraction of sp³-hybridized carbons (Fsp3) is 0.333. The molecule has 7 heteroatoms. The summed E-state index contributed by atoms with van der Waals surface area (Å²) in [5.41, 5.74) is 2.75. The summed E-state index contributed by atoms with van der Waals surface area (Å²) in [6.07, 6.45) is 1.54. The maximum absolute atomic E-state index is 13.5. The van der Waals surface area contributed by atoms with Crippen molar-refractivity contribution in [1.82, 2.24) is 9.80 Å². The summed E-state index contributed by atoms with van der Waals surface area (Å²) in [4.78, 5) is 31.3. The summed E-state index contributed by atoms with van der Waals surface area (Å²) in [6, 6.07) is 15.1. The minimum atomic E-state index is -0.323. The number of ether oxygens (including phenoxy) is 1. The SMILES string of the molecule is CCCN(CC(=O)N1CCc2sccc2[C@@H]1COc1ccc(F)cc1)C(=O)c1ccc(C)cc1. The van der Waals surface area contributed by atoms with Crippen LogP contribution in [-0.2, 0) is 11.2 Å². The molecule has 0 fully saturated rings. The predicted molar refractivity (Wildman–Crippen MR) is 132 cm³/mol. The molecule has 2 aromatic carbocycles. The van der Waals surface area contributed by atoms with Gasteiger partial charge in [0.15, 0.2) is 0 Å². The van der Waals surface area contributed by atoms with E-state index in [1.54, 1.807) is 28.4 Å². The van der Waals surface area contributed by atoms with E-state index in [-0.39, 0.29) is 36.8 Å². The normalized spacial score (nSPS) is 15.0. The Balaban J connectivity index is 1.51. The standard InChI is InChI=1S/C27H29FN2O3S/c1-3-14-29(27(32)20-6-4-19(2)5-7-20)17-26(31)30-15-12-25-23(13-16-34-25)24(30)18-33-22-10-8-21(28)9-11-22/h4-11,13,16,24H,3,12,14-15,17-18H2,1-2H3/t24-/m0/s1. The first-order valence-corrected chi connectivity index (χ1v) is 12.4. The average Bonchev–Trinajstić information content (AvgIpc) is 3.32. The Kier molecular flexibility index (Phi) is 7.63. The van der Waals surface area contributed by atoms with Gasteiger partial charge in [-0.3, -0.25) is 9.59 Å². The van der Waals surface area contributed by atoms with Crippen molar-refractivity contribution >= 4 is 23.2 Å². The van der Waals surface area contributed by atoms with Crippen LogP contribution in [0.1, 0.15) is 45.7 Å². The number of thiophene rings is 1. The molecule has 34 heavy (non-hydrogen) atoms. The zero-order chi connectivity index (χ0) is 24.1. The van der Waals surface area contributed by atoms with Crippen LogP contribution in [0.15, 0.2) is 60.0 Å². The smallest absolute Gasteiger partial charge is 0.254 e. The quantitative estimate of drug-likeness (QED) is 0.442. The molecule has 5 nitrogen and oxygen atoms in total. The van der Waals surface area contributed by atoms with E-state index in [9.17, 15) is 14.0 Å². The minimum Gasteiger partial charge on any atom is -0.491 e. The van der Waals surface area contributed by atoms with Crippen LogP contribution < -0.4 is 4.74 Å². The molecule has 0 N–H and O–H groups in total. The van der Waals surface area contributed by atoms with Crippen LogP contribution in [0.25, 0.3) is 0 Å². The summed E-state index contributed by atoms with van der Waals surface area (Å²) in [7, 11) is 0. The van der Waals surface area contributed by atoms with Gasteiger partial charge in [0.25, 0.3) is 5.91 Å². The van der Waals surface area contributed by atoms with E-state index in [4.69, 9.17) is 4.74 Å². The molecule has 0 aliphatic carbocycles. The molecule has 2 amide bonds. The highest BCUT2D eigenvalue weighted by Gasteiger charge is 2.33. The van der Waals surface area contributed by atoms with Crippen LogP contribution in [0.4, 0.5) is 4.39 Å². The molecule has 0 saturated heterocycles. The molecule has 0 radical (unpaired) electrons. The summed E-state index contributed by atoms with van der Waals surface area (Å²) in [5.74, 6) is -0.00415. The summed E-state index contributed by atoms with van der Waals surface area (Å²) >= 11 is 1.68. The second-order valence-electron chi connectivity index (χ2n) is 8.51. The number of hydrogen-bond acceptors (Lipinski definition) is 4. The third-order valence-electron chi connectivity index (χ3n) is 6.04. The number of benzene rings is 2. The van der Waals surface area contributed by atoms with Crippen molar-refractivity contribution in [2.24, 2.45) is 0 Å². The van der Waals surface area contributed by atoms with E-state index in [0.29, 0.717) is 24.4 Å². The lowest BCUT2D eigenvalue weighted by molar-refractivity contribution is -0.135. The lowest BCUT2D eigenvalue weighted by atomic mass is 10.0. The molecule has 2 heterocycles. The Bertz CT molecular complexity index is 1130. The number of nitrogens with zero attached hydrogens (tertiary/aromatic N) is 2.